The summed E-state index contributed by atoms with van der Waals surface area (Å²) in [7, 11) is 0. The van der Waals surface area contributed by atoms with Crippen molar-refractivity contribution in [1.82, 2.24) is 5.32 Å². The first-order valence-electron chi connectivity index (χ1n) is 6.64. The minimum atomic E-state index is 0.612. The van der Waals surface area contributed by atoms with Gasteiger partial charge in [0.25, 0.3) is 0 Å². The van der Waals surface area contributed by atoms with E-state index in [1.165, 1.54) is 24.9 Å². The Bertz CT molecular complexity index is 397. The number of nitrogens with zero attached hydrogens (tertiary/aromatic N) is 1. The molecular weight excluding hydrogens is 312 g/mol. The highest BCUT2D eigenvalue weighted by molar-refractivity contribution is 9.10. The van der Waals surface area contributed by atoms with Crippen LogP contribution in [-0.2, 0) is 0 Å². The molecule has 1 N–H and O–H groups in total. The van der Waals surface area contributed by atoms with Gasteiger partial charge in [-0.2, -0.15) is 0 Å². The van der Waals surface area contributed by atoms with E-state index in [9.17, 15) is 0 Å². The monoisotopic (exact) mass is 330 g/mol. The molecule has 1 unspecified atom stereocenters. The fourth-order valence-corrected chi connectivity index (χ4v) is 3.38. The van der Waals surface area contributed by atoms with Crippen molar-refractivity contribution < 1.29 is 0 Å². The number of hydrogen-bond donors (Lipinski definition) is 1. The molecule has 1 aromatic carbocycles. The van der Waals surface area contributed by atoms with Crippen LogP contribution >= 0.6 is 27.5 Å². The van der Waals surface area contributed by atoms with Crippen molar-refractivity contribution in [2.24, 2.45) is 0 Å². The second-order valence-corrected chi connectivity index (χ2v) is 6.13. The number of piperidine rings is 1. The molecule has 0 saturated carbocycles. The summed E-state index contributed by atoms with van der Waals surface area (Å²) in [6.45, 7) is 5.54. The first-order valence-corrected chi connectivity index (χ1v) is 7.81. The predicted molar refractivity (Wildman–Crippen MR) is 82.7 cm³/mol. The highest BCUT2D eigenvalue weighted by atomic mass is 79.9. The Kier molecular flexibility index (Phi) is 5.34. The molecule has 1 saturated heterocycles. The summed E-state index contributed by atoms with van der Waals surface area (Å²) in [5.74, 6) is 0. The van der Waals surface area contributed by atoms with E-state index in [0.29, 0.717) is 6.04 Å². The van der Waals surface area contributed by atoms with Gasteiger partial charge in [-0.3, -0.25) is 0 Å². The predicted octanol–water partition coefficient (Wildman–Crippen LogP) is 4.07. The molecule has 1 aliphatic rings. The van der Waals surface area contributed by atoms with Crippen molar-refractivity contribution >= 4 is 33.2 Å². The molecule has 2 rings (SSSR count). The third-order valence-corrected chi connectivity index (χ3v) is 4.23. The largest absolute Gasteiger partial charge is 0.369 e. The van der Waals surface area contributed by atoms with Crippen LogP contribution in [0.4, 0.5) is 5.69 Å². The minimum absolute atomic E-state index is 0.612. The molecule has 4 heteroatoms. The lowest BCUT2D eigenvalue weighted by molar-refractivity contribution is 0.423. The highest BCUT2D eigenvalue weighted by Crippen LogP contribution is 2.31. The van der Waals surface area contributed by atoms with Crippen LogP contribution in [0.2, 0.25) is 5.02 Å². The molecule has 0 spiro atoms. The molecule has 18 heavy (non-hydrogen) atoms. The molecular formula is C14H20BrClN2. The maximum absolute atomic E-state index is 5.99. The molecule has 0 amide bonds. The van der Waals surface area contributed by atoms with Gasteiger partial charge in [-0.1, -0.05) is 18.5 Å². The van der Waals surface area contributed by atoms with Gasteiger partial charge in [-0.05, 0) is 59.9 Å². The Morgan fingerprint density at radius 2 is 2.33 bits per heavy atom. The Labute approximate surface area is 123 Å². The molecule has 1 heterocycles. The van der Waals surface area contributed by atoms with Crippen molar-refractivity contribution in [3.63, 3.8) is 0 Å². The van der Waals surface area contributed by atoms with E-state index in [1.54, 1.807) is 0 Å². The van der Waals surface area contributed by atoms with E-state index < -0.39 is 0 Å². The summed E-state index contributed by atoms with van der Waals surface area (Å²) < 4.78 is 1.09. The van der Waals surface area contributed by atoms with E-state index in [0.717, 1.165) is 29.1 Å². The van der Waals surface area contributed by atoms with E-state index in [4.69, 9.17) is 11.6 Å². The molecule has 0 radical (unpaired) electrons. The number of rotatable bonds is 4. The summed E-state index contributed by atoms with van der Waals surface area (Å²) in [5.41, 5.74) is 1.25. The summed E-state index contributed by atoms with van der Waals surface area (Å²) in [6.07, 6.45) is 3.72. The quantitative estimate of drug-likeness (QED) is 0.894. The average Bonchev–Trinajstić information content (AvgIpc) is 2.36. The van der Waals surface area contributed by atoms with Crippen LogP contribution in [-0.4, -0.2) is 25.7 Å². The summed E-state index contributed by atoms with van der Waals surface area (Å²) in [6, 6.07) is 6.65. The number of hydrogen-bond acceptors (Lipinski definition) is 2. The second kappa shape index (κ2) is 6.78. The van der Waals surface area contributed by atoms with E-state index in [-0.39, 0.29) is 0 Å². The van der Waals surface area contributed by atoms with Gasteiger partial charge in [-0.15, -0.1) is 0 Å². The van der Waals surface area contributed by atoms with Crippen LogP contribution in [0.3, 0.4) is 0 Å². The standard InChI is InChI=1S/C14H20BrClN2/c1-2-7-17-12-4-3-8-18(10-12)14-6-5-11(16)9-13(14)15/h5-6,9,12,17H,2-4,7-8,10H2,1H3. The van der Waals surface area contributed by atoms with Crippen LogP contribution in [0, 0.1) is 0 Å². The van der Waals surface area contributed by atoms with Crippen molar-refractivity contribution in [3.05, 3.63) is 27.7 Å². The molecule has 100 valence electrons. The van der Waals surface area contributed by atoms with Gasteiger partial charge in [0.05, 0.1) is 5.69 Å². The van der Waals surface area contributed by atoms with Gasteiger partial charge in [0.1, 0.15) is 0 Å². The zero-order chi connectivity index (χ0) is 13.0. The zero-order valence-corrected chi connectivity index (χ0v) is 13.1. The first kappa shape index (κ1) is 14.2. The SMILES string of the molecule is CCCNC1CCCN(c2ccc(Cl)cc2Br)C1. The average molecular weight is 332 g/mol. The lowest BCUT2D eigenvalue weighted by Crippen LogP contribution is -2.46. The van der Waals surface area contributed by atoms with Crippen molar-refractivity contribution in [2.75, 3.05) is 24.5 Å². The zero-order valence-electron chi connectivity index (χ0n) is 10.8. The van der Waals surface area contributed by atoms with Gasteiger partial charge >= 0.3 is 0 Å². The molecule has 2 nitrogen and oxygen atoms in total. The lowest BCUT2D eigenvalue weighted by Gasteiger charge is -2.35. The Balaban J connectivity index is 2.03. The van der Waals surface area contributed by atoms with E-state index in [2.05, 4.69) is 39.1 Å². The van der Waals surface area contributed by atoms with Crippen LogP contribution in [0.25, 0.3) is 0 Å². The molecule has 0 bridgehead atoms. The summed E-state index contributed by atoms with van der Waals surface area (Å²) >= 11 is 9.60. The maximum Gasteiger partial charge on any atom is 0.0512 e. The van der Waals surface area contributed by atoms with Gasteiger partial charge in [0.2, 0.25) is 0 Å². The van der Waals surface area contributed by atoms with Gasteiger partial charge in [0, 0.05) is 28.6 Å². The lowest BCUT2D eigenvalue weighted by atomic mass is 10.0. The van der Waals surface area contributed by atoms with Crippen molar-refractivity contribution in [2.45, 2.75) is 32.2 Å². The fraction of sp³-hybridized carbons (Fsp3) is 0.571. The molecule has 0 aliphatic carbocycles. The van der Waals surface area contributed by atoms with Gasteiger partial charge in [-0.25, -0.2) is 0 Å². The number of anilines is 1. The van der Waals surface area contributed by atoms with E-state index in [1.807, 2.05) is 12.1 Å². The third-order valence-electron chi connectivity index (χ3n) is 3.35. The normalized spacial score (nSPS) is 20.2. The molecule has 1 aromatic rings. The molecule has 1 fully saturated rings. The molecule has 1 atom stereocenters. The van der Waals surface area contributed by atoms with E-state index >= 15 is 0 Å². The van der Waals surface area contributed by atoms with Gasteiger partial charge < -0.3 is 10.2 Å². The van der Waals surface area contributed by atoms with Crippen LogP contribution in [0.1, 0.15) is 26.2 Å². The second-order valence-electron chi connectivity index (χ2n) is 4.84. The summed E-state index contributed by atoms with van der Waals surface area (Å²) in [5, 5.41) is 4.40. The summed E-state index contributed by atoms with van der Waals surface area (Å²) in [4.78, 5) is 2.44. The molecule has 1 aliphatic heterocycles. The topological polar surface area (TPSA) is 15.3 Å². The minimum Gasteiger partial charge on any atom is -0.369 e. The van der Waals surface area contributed by atoms with Crippen molar-refractivity contribution in [1.29, 1.82) is 0 Å². The highest BCUT2D eigenvalue weighted by Gasteiger charge is 2.20. The third kappa shape index (κ3) is 3.62. The van der Waals surface area contributed by atoms with Gasteiger partial charge in [0.15, 0.2) is 0 Å². The van der Waals surface area contributed by atoms with Crippen LogP contribution < -0.4 is 10.2 Å². The Hall–Kier alpha value is -0.250. The van der Waals surface area contributed by atoms with Crippen LogP contribution in [0.5, 0.6) is 0 Å². The number of halogens is 2. The number of benzene rings is 1. The first-order chi connectivity index (χ1) is 8.70. The Morgan fingerprint density at radius 1 is 1.50 bits per heavy atom. The smallest absolute Gasteiger partial charge is 0.0512 e. The fourth-order valence-electron chi connectivity index (χ4n) is 2.45. The van der Waals surface area contributed by atoms with Crippen LogP contribution in [0.15, 0.2) is 22.7 Å². The van der Waals surface area contributed by atoms with Crippen molar-refractivity contribution in [3.8, 4) is 0 Å². The number of nitrogens with one attached hydrogen (secondary N) is 1. The maximum atomic E-state index is 5.99. The Morgan fingerprint density at radius 3 is 3.06 bits per heavy atom. The molecule has 0 aromatic heterocycles.